The molecule has 21 heavy (non-hydrogen) atoms. The van der Waals surface area contributed by atoms with Crippen molar-refractivity contribution >= 4 is 17.1 Å². The molecule has 0 amide bonds. The fraction of sp³-hybridized carbons (Fsp3) is 0.375. The number of thiophene rings is 1. The number of hydrogen-bond donors (Lipinski definition) is 0. The Kier molecular flexibility index (Phi) is 5.59. The highest BCUT2D eigenvalue weighted by Gasteiger charge is 2.19. The minimum Gasteiger partial charge on any atom is -0.298 e. The van der Waals surface area contributed by atoms with E-state index >= 15 is 0 Å². The molecule has 0 aliphatic rings. The third-order valence-electron chi connectivity index (χ3n) is 3.37. The molecule has 2 rings (SSSR count). The number of hydrogen-bond acceptors (Lipinski definition) is 4. The second kappa shape index (κ2) is 7.43. The molecular formula is C16H19FN2OS. The van der Waals surface area contributed by atoms with Gasteiger partial charge in [0.1, 0.15) is 11.5 Å². The van der Waals surface area contributed by atoms with Gasteiger partial charge in [0.2, 0.25) is 0 Å². The first-order valence-electron chi connectivity index (χ1n) is 7.00. The molecule has 0 radical (unpaired) electrons. The molecule has 2 heterocycles. The number of Topliss-reactive ketones (excluding diaryl/α,β-unsaturated/α-hetero) is 1. The third kappa shape index (κ3) is 4.44. The second-order valence-electron chi connectivity index (χ2n) is 5.03. The Balaban J connectivity index is 1.96. The van der Waals surface area contributed by atoms with Crippen molar-refractivity contribution in [1.82, 2.24) is 9.88 Å². The number of rotatable bonds is 7. The van der Waals surface area contributed by atoms with Crippen molar-refractivity contribution in [2.24, 2.45) is 5.92 Å². The Bertz CT molecular complexity index is 568. The summed E-state index contributed by atoms with van der Waals surface area (Å²) in [5, 5.41) is 2.06. The van der Waals surface area contributed by atoms with Gasteiger partial charge in [-0.15, -0.1) is 11.3 Å². The van der Waals surface area contributed by atoms with E-state index in [0.717, 1.165) is 19.3 Å². The number of nitrogens with zero attached hydrogens (tertiary/aromatic N) is 2. The molecule has 2 aromatic rings. The third-order valence-corrected chi connectivity index (χ3v) is 4.23. The molecule has 0 aliphatic carbocycles. The first-order valence-corrected chi connectivity index (χ1v) is 7.88. The predicted octanol–water partition coefficient (Wildman–Crippen LogP) is 3.62. The van der Waals surface area contributed by atoms with Gasteiger partial charge in [0, 0.05) is 23.9 Å². The Morgan fingerprint density at radius 2 is 2.24 bits per heavy atom. The van der Waals surface area contributed by atoms with Crippen molar-refractivity contribution < 1.29 is 9.18 Å². The van der Waals surface area contributed by atoms with E-state index in [9.17, 15) is 9.18 Å². The summed E-state index contributed by atoms with van der Waals surface area (Å²) in [6.07, 6.45) is 1.09. The number of aromatic nitrogens is 1. The Morgan fingerprint density at radius 3 is 2.81 bits per heavy atom. The summed E-state index contributed by atoms with van der Waals surface area (Å²) in [6.45, 7) is 6.38. The molecule has 5 heteroatoms. The van der Waals surface area contributed by atoms with Crippen LogP contribution in [0.15, 0.2) is 35.8 Å². The van der Waals surface area contributed by atoms with Crippen LogP contribution in [0, 0.1) is 11.7 Å². The van der Waals surface area contributed by atoms with Gasteiger partial charge < -0.3 is 0 Å². The van der Waals surface area contributed by atoms with E-state index in [0.29, 0.717) is 12.2 Å². The highest BCUT2D eigenvalue weighted by molar-refractivity contribution is 7.09. The lowest BCUT2D eigenvalue weighted by Crippen LogP contribution is -2.31. The molecule has 0 spiro atoms. The number of halogens is 1. The summed E-state index contributed by atoms with van der Waals surface area (Å²) >= 11 is 1.72. The monoisotopic (exact) mass is 306 g/mol. The van der Waals surface area contributed by atoms with E-state index in [2.05, 4.69) is 28.3 Å². The van der Waals surface area contributed by atoms with Gasteiger partial charge in [-0.3, -0.25) is 14.7 Å². The fourth-order valence-electron chi connectivity index (χ4n) is 2.17. The fourth-order valence-corrected chi connectivity index (χ4v) is 2.92. The topological polar surface area (TPSA) is 33.2 Å². The van der Waals surface area contributed by atoms with Crippen LogP contribution >= 0.6 is 11.3 Å². The Morgan fingerprint density at radius 1 is 1.43 bits per heavy atom. The molecule has 1 unspecified atom stereocenters. The maximum atomic E-state index is 12.8. The molecule has 3 nitrogen and oxygen atoms in total. The van der Waals surface area contributed by atoms with E-state index in [1.165, 1.54) is 17.0 Å². The van der Waals surface area contributed by atoms with Crippen LogP contribution in [-0.2, 0) is 6.54 Å². The molecule has 0 aliphatic heterocycles. The predicted molar refractivity (Wildman–Crippen MR) is 83.0 cm³/mol. The summed E-state index contributed by atoms with van der Waals surface area (Å²) in [4.78, 5) is 19.7. The average Bonchev–Trinajstić information content (AvgIpc) is 2.99. The van der Waals surface area contributed by atoms with Gasteiger partial charge >= 0.3 is 0 Å². The molecule has 112 valence electrons. The molecule has 0 bridgehead atoms. The highest BCUT2D eigenvalue weighted by Crippen LogP contribution is 2.14. The van der Waals surface area contributed by atoms with Gasteiger partial charge in [0.05, 0.1) is 6.20 Å². The van der Waals surface area contributed by atoms with Crippen LogP contribution in [0.2, 0.25) is 0 Å². The van der Waals surface area contributed by atoms with Crippen molar-refractivity contribution in [3.63, 3.8) is 0 Å². The smallest absolute Gasteiger partial charge is 0.185 e. The number of ketones is 1. The number of carbonyl (C=O) groups is 1. The molecule has 1 atom stereocenters. The zero-order chi connectivity index (χ0) is 15.2. The summed E-state index contributed by atoms with van der Waals surface area (Å²) in [5.41, 5.74) is 0.330. The van der Waals surface area contributed by atoms with Crippen LogP contribution in [0.1, 0.15) is 29.2 Å². The highest BCUT2D eigenvalue weighted by atomic mass is 32.1. The SMILES string of the molecule is CCN(Cc1cccs1)CC(C)C(=O)c1ccc(F)cn1. The summed E-state index contributed by atoms with van der Waals surface area (Å²) in [6, 6.07) is 6.85. The summed E-state index contributed by atoms with van der Waals surface area (Å²) < 4.78 is 12.8. The van der Waals surface area contributed by atoms with Gasteiger partial charge in [0.15, 0.2) is 5.78 Å². The molecule has 0 N–H and O–H groups in total. The van der Waals surface area contributed by atoms with Crippen molar-refractivity contribution in [2.45, 2.75) is 20.4 Å². The second-order valence-corrected chi connectivity index (χ2v) is 6.07. The molecule has 0 aromatic carbocycles. The zero-order valence-corrected chi connectivity index (χ0v) is 13.1. The molecule has 0 fully saturated rings. The van der Waals surface area contributed by atoms with Gasteiger partial charge in [-0.25, -0.2) is 4.39 Å². The van der Waals surface area contributed by atoms with Crippen molar-refractivity contribution in [3.05, 3.63) is 52.2 Å². The van der Waals surface area contributed by atoms with Gasteiger partial charge in [-0.2, -0.15) is 0 Å². The largest absolute Gasteiger partial charge is 0.298 e. The Hall–Kier alpha value is -1.59. The quantitative estimate of drug-likeness (QED) is 0.733. The van der Waals surface area contributed by atoms with E-state index in [4.69, 9.17) is 0 Å². The van der Waals surface area contributed by atoms with Crippen LogP contribution in [0.5, 0.6) is 0 Å². The van der Waals surface area contributed by atoms with Crippen LogP contribution in [0.3, 0.4) is 0 Å². The summed E-state index contributed by atoms with van der Waals surface area (Å²) in [5.74, 6) is -0.630. The van der Waals surface area contributed by atoms with Crippen LogP contribution in [-0.4, -0.2) is 28.8 Å². The van der Waals surface area contributed by atoms with Gasteiger partial charge in [-0.1, -0.05) is 19.9 Å². The number of carbonyl (C=O) groups excluding carboxylic acids is 1. The lowest BCUT2D eigenvalue weighted by atomic mass is 10.0. The van der Waals surface area contributed by atoms with Crippen molar-refractivity contribution in [2.75, 3.05) is 13.1 Å². The lowest BCUT2D eigenvalue weighted by molar-refractivity contribution is 0.0888. The normalized spacial score (nSPS) is 12.6. The van der Waals surface area contributed by atoms with E-state index in [-0.39, 0.29) is 11.7 Å². The maximum absolute atomic E-state index is 12.8. The zero-order valence-electron chi connectivity index (χ0n) is 12.3. The van der Waals surface area contributed by atoms with Crippen LogP contribution < -0.4 is 0 Å². The Labute approximate surface area is 128 Å². The molecule has 2 aromatic heterocycles. The van der Waals surface area contributed by atoms with E-state index in [1.807, 2.05) is 13.0 Å². The van der Waals surface area contributed by atoms with E-state index in [1.54, 1.807) is 11.3 Å². The van der Waals surface area contributed by atoms with Crippen molar-refractivity contribution in [3.8, 4) is 0 Å². The minimum absolute atomic E-state index is 0.0420. The first kappa shape index (κ1) is 15.8. The van der Waals surface area contributed by atoms with E-state index < -0.39 is 5.82 Å². The number of pyridine rings is 1. The maximum Gasteiger partial charge on any atom is 0.185 e. The van der Waals surface area contributed by atoms with Gasteiger partial charge in [-0.05, 0) is 30.1 Å². The van der Waals surface area contributed by atoms with Crippen LogP contribution in [0.25, 0.3) is 0 Å². The minimum atomic E-state index is -0.424. The lowest BCUT2D eigenvalue weighted by Gasteiger charge is -2.22. The standard InChI is InChI=1S/C16H19FN2OS/c1-3-19(11-14-5-4-8-21-14)10-12(2)16(20)15-7-6-13(17)9-18-15/h4-9,12H,3,10-11H2,1-2H3. The van der Waals surface area contributed by atoms with Crippen molar-refractivity contribution in [1.29, 1.82) is 0 Å². The first-order chi connectivity index (χ1) is 10.1. The van der Waals surface area contributed by atoms with Crippen LogP contribution in [0.4, 0.5) is 4.39 Å². The average molecular weight is 306 g/mol. The summed E-state index contributed by atoms with van der Waals surface area (Å²) in [7, 11) is 0. The molecular weight excluding hydrogens is 287 g/mol. The van der Waals surface area contributed by atoms with Gasteiger partial charge in [0.25, 0.3) is 0 Å². The molecule has 0 saturated heterocycles. The molecule has 0 saturated carbocycles.